The fraction of sp³-hybridized carbons (Fsp3) is 0.250. The number of imide groups is 1. The second kappa shape index (κ2) is 7.99. The molecule has 0 spiro atoms. The molecule has 146 valence electrons. The Bertz CT molecular complexity index is 882. The topological polar surface area (TPSA) is 94.2 Å². The van der Waals surface area contributed by atoms with Crippen LogP contribution in [0.2, 0.25) is 0 Å². The molecule has 8 heteroatoms. The van der Waals surface area contributed by atoms with Gasteiger partial charge in [0.25, 0.3) is 5.91 Å². The third-order valence-electron chi connectivity index (χ3n) is 4.36. The van der Waals surface area contributed by atoms with Crippen molar-refractivity contribution in [3.8, 4) is 17.2 Å². The summed E-state index contributed by atoms with van der Waals surface area (Å²) in [6, 6.07) is 9.50. The van der Waals surface area contributed by atoms with E-state index >= 15 is 0 Å². The Hall–Kier alpha value is -3.55. The van der Waals surface area contributed by atoms with Crippen LogP contribution in [0.5, 0.6) is 17.2 Å². The zero-order valence-electron chi connectivity index (χ0n) is 15.8. The molecule has 1 aliphatic heterocycles. The van der Waals surface area contributed by atoms with E-state index in [9.17, 15) is 14.4 Å². The minimum atomic E-state index is -0.361. The van der Waals surface area contributed by atoms with Gasteiger partial charge >= 0.3 is 0 Å². The first-order chi connectivity index (χ1) is 13.5. The largest absolute Gasteiger partial charge is 0.493 e. The molecule has 1 aliphatic rings. The van der Waals surface area contributed by atoms with Gasteiger partial charge in [-0.1, -0.05) is 0 Å². The molecule has 2 aromatic rings. The van der Waals surface area contributed by atoms with Crippen molar-refractivity contribution in [2.45, 2.75) is 12.8 Å². The van der Waals surface area contributed by atoms with Crippen molar-refractivity contribution in [3.05, 3.63) is 42.0 Å². The Morgan fingerprint density at radius 3 is 1.89 bits per heavy atom. The monoisotopic (exact) mass is 384 g/mol. The molecule has 1 heterocycles. The van der Waals surface area contributed by atoms with Crippen LogP contribution >= 0.6 is 0 Å². The van der Waals surface area contributed by atoms with E-state index in [0.717, 1.165) is 4.90 Å². The summed E-state index contributed by atoms with van der Waals surface area (Å²) in [5.41, 5.74) is 1.29. The molecule has 0 radical (unpaired) electrons. The van der Waals surface area contributed by atoms with E-state index in [-0.39, 0.29) is 30.6 Å². The van der Waals surface area contributed by atoms with Crippen molar-refractivity contribution in [2.24, 2.45) is 0 Å². The maximum Gasteiger partial charge on any atom is 0.255 e. The van der Waals surface area contributed by atoms with Gasteiger partial charge in [0.05, 0.1) is 27.0 Å². The number of hydrogen-bond donors (Lipinski definition) is 1. The van der Waals surface area contributed by atoms with E-state index in [1.54, 1.807) is 36.4 Å². The zero-order valence-corrected chi connectivity index (χ0v) is 15.8. The maximum atomic E-state index is 12.6. The Labute approximate surface area is 162 Å². The quantitative estimate of drug-likeness (QED) is 0.770. The number of nitrogens with zero attached hydrogens (tertiary/aromatic N) is 1. The number of amides is 3. The van der Waals surface area contributed by atoms with Crippen molar-refractivity contribution >= 4 is 29.1 Å². The Kier molecular flexibility index (Phi) is 5.49. The van der Waals surface area contributed by atoms with Crippen LogP contribution < -0.4 is 24.4 Å². The number of rotatable bonds is 6. The van der Waals surface area contributed by atoms with Gasteiger partial charge in [0.2, 0.25) is 17.6 Å². The SMILES string of the molecule is COc1cc(NC(=O)c2ccc(N3C(=O)CCC3=O)cc2)cc(OC)c1OC. The molecule has 8 nitrogen and oxygen atoms in total. The molecule has 3 rings (SSSR count). The van der Waals surface area contributed by atoms with Crippen LogP contribution in [0.1, 0.15) is 23.2 Å². The molecule has 0 atom stereocenters. The number of nitrogens with one attached hydrogen (secondary N) is 1. The normalized spacial score (nSPS) is 13.5. The van der Waals surface area contributed by atoms with Crippen molar-refractivity contribution in [1.29, 1.82) is 0 Å². The molecule has 1 saturated heterocycles. The van der Waals surface area contributed by atoms with E-state index in [2.05, 4.69) is 5.32 Å². The molecule has 0 unspecified atom stereocenters. The second-order valence-corrected chi connectivity index (χ2v) is 6.04. The summed E-state index contributed by atoms with van der Waals surface area (Å²) in [6.07, 6.45) is 0.421. The highest BCUT2D eigenvalue weighted by atomic mass is 16.5. The van der Waals surface area contributed by atoms with Gasteiger partial charge in [-0.05, 0) is 24.3 Å². The number of carbonyl (C=O) groups is 3. The van der Waals surface area contributed by atoms with Gasteiger partial charge in [-0.3, -0.25) is 19.3 Å². The predicted molar refractivity (Wildman–Crippen MR) is 102 cm³/mol. The lowest BCUT2D eigenvalue weighted by Gasteiger charge is -2.15. The van der Waals surface area contributed by atoms with E-state index < -0.39 is 0 Å². The van der Waals surface area contributed by atoms with Crippen molar-refractivity contribution < 1.29 is 28.6 Å². The molecule has 2 aromatic carbocycles. The number of benzene rings is 2. The average Bonchev–Trinajstić information content (AvgIpc) is 3.05. The van der Waals surface area contributed by atoms with Crippen LogP contribution in [0.3, 0.4) is 0 Å². The third-order valence-corrected chi connectivity index (χ3v) is 4.36. The smallest absolute Gasteiger partial charge is 0.255 e. The Morgan fingerprint density at radius 1 is 0.893 bits per heavy atom. The summed E-state index contributed by atoms with van der Waals surface area (Å²) in [5, 5.41) is 2.76. The molecule has 0 aliphatic carbocycles. The van der Waals surface area contributed by atoms with Gasteiger partial charge in [0.1, 0.15) is 0 Å². The molecular weight excluding hydrogens is 364 g/mol. The van der Waals surface area contributed by atoms with Crippen LogP contribution in [-0.4, -0.2) is 39.1 Å². The summed E-state index contributed by atoms with van der Waals surface area (Å²) in [7, 11) is 4.47. The average molecular weight is 384 g/mol. The van der Waals surface area contributed by atoms with Gasteiger partial charge in [0, 0.05) is 36.2 Å². The Morgan fingerprint density at radius 2 is 1.43 bits per heavy atom. The summed E-state index contributed by atoms with van der Waals surface area (Å²) in [5.74, 6) is 0.420. The van der Waals surface area contributed by atoms with E-state index in [4.69, 9.17) is 14.2 Å². The van der Waals surface area contributed by atoms with Crippen molar-refractivity contribution in [2.75, 3.05) is 31.5 Å². The second-order valence-electron chi connectivity index (χ2n) is 6.04. The minimum Gasteiger partial charge on any atom is -0.493 e. The van der Waals surface area contributed by atoms with Gasteiger partial charge in [-0.25, -0.2) is 0 Å². The zero-order chi connectivity index (χ0) is 20.3. The van der Waals surface area contributed by atoms with Gasteiger partial charge in [-0.2, -0.15) is 0 Å². The molecular formula is C20H20N2O6. The Balaban J connectivity index is 1.80. The van der Waals surface area contributed by atoms with Gasteiger partial charge in [0.15, 0.2) is 11.5 Å². The fourth-order valence-corrected chi connectivity index (χ4v) is 2.98. The number of carbonyl (C=O) groups excluding carboxylic acids is 3. The van der Waals surface area contributed by atoms with Crippen LogP contribution in [0.15, 0.2) is 36.4 Å². The molecule has 0 bridgehead atoms. The van der Waals surface area contributed by atoms with E-state index in [1.807, 2.05) is 0 Å². The third kappa shape index (κ3) is 3.62. The summed E-state index contributed by atoms with van der Waals surface area (Å²) in [6.45, 7) is 0. The molecule has 0 saturated carbocycles. The van der Waals surface area contributed by atoms with Crippen LogP contribution in [0, 0.1) is 0 Å². The number of hydrogen-bond acceptors (Lipinski definition) is 6. The maximum absolute atomic E-state index is 12.6. The van der Waals surface area contributed by atoms with Crippen LogP contribution in [0.4, 0.5) is 11.4 Å². The number of methoxy groups -OCH3 is 3. The summed E-state index contributed by atoms with van der Waals surface area (Å²) >= 11 is 0. The van der Waals surface area contributed by atoms with Crippen molar-refractivity contribution in [3.63, 3.8) is 0 Å². The van der Waals surface area contributed by atoms with E-state index in [1.165, 1.54) is 21.3 Å². The lowest BCUT2D eigenvalue weighted by Crippen LogP contribution is -2.28. The molecule has 0 aromatic heterocycles. The van der Waals surface area contributed by atoms with E-state index in [0.29, 0.717) is 34.2 Å². The number of ether oxygens (including phenoxy) is 3. The molecule has 1 N–H and O–H groups in total. The predicted octanol–water partition coefficient (Wildman–Crippen LogP) is 2.62. The lowest BCUT2D eigenvalue weighted by molar-refractivity contribution is -0.121. The standard InChI is InChI=1S/C20H20N2O6/c1-26-15-10-13(11-16(27-2)19(15)28-3)21-20(25)12-4-6-14(7-5-12)22-17(23)8-9-18(22)24/h4-7,10-11H,8-9H2,1-3H3,(H,21,25). The first-order valence-corrected chi connectivity index (χ1v) is 8.55. The summed E-state index contributed by atoms with van der Waals surface area (Å²) < 4.78 is 15.8. The highest BCUT2D eigenvalue weighted by Gasteiger charge is 2.30. The fourth-order valence-electron chi connectivity index (χ4n) is 2.98. The highest BCUT2D eigenvalue weighted by molar-refractivity contribution is 6.20. The lowest BCUT2D eigenvalue weighted by atomic mass is 10.1. The van der Waals surface area contributed by atoms with Gasteiger partial charge in [-0.15, -0.1) is 0 Å². The number of anilines is 2. The van der Waals surface area contributed by atoms with Crippen LogP contribution in [-0.2, 0) is 9.59 Å². The van der Waals surface area contributed by atoms with Gasteiger partial charge < -0.3 is 19.5 Å². The highest BCUT2D eigenvalue weighted by Crippen LogP contribution is 2.40. The molecule has 3 amide bonds. The van der Waals surface area contributed by atoms with Crippen LogP contribution in [0.25, 0.3) is 0 Å². The van der Waals surface area contributed by atoms with Crippen molar-refractivity contribution in [1.82, 2.24) is 0 Å². The minimum absolute atomic E-state index is 0.211. The molecule has 28 heavy (non-hydrogen) atoms. The molecule has 1 fully saturated rings. The first-order valence-electron chi connectivity index (χ1n) is 8.55. The first kappa shape index (κ1) is 19.2. The summed E-state index contributed by atoms with van der Waals surface area (Å²) in [4.78, 5) is 37.3.